The van der Waals surface area contributed by atoms with Crippen molar-refractivity contribution in [3.8, 4) is 0 Å². The molecule has 4 atom stereocenters. The summed E-state index contributed by atoms with van der Waals surface area (Å²) >= 11 is 0. The highest BCUT2D eigenvalue weighted by molar-refractivity contribution is 5.78. The van der Waals surface area contributed by atoms with Gasteiger partial charge in [-0.15, -0.1) is 0 Å². The van der Waals surface area contributed by atoms with E-state index in [1.165, 1.54) is 32.1 Å². The highest BCUT2D eigenvalue weighted by Gasteiger charge is 2.32. The molecule has 0 bridgehead atoms. The van der Waals surface area contributed by atoms with E-state index in [2.05, 4.69) is 25.7 Å². The molecule has 0 aromatic rings. The van der Waals surface area contributed by atoms with E-state index in [0.717, 1.165) is 37.8 Å². The first-order chi connectivity index (χ1) is 9.99. The van der Waals surface area contributed by atoms with E-state index >= 15 is 0 Å². The lowest BCUT2D eigenvalue weighted by Gasteiger charge is -2.33. The van der Waals surface area contributed by atoms with Crippen molar-refractivity contribution in [2.45, 2.75) is 71.8 Å². The summed E-state index contributed by atoms with van der Waals surface area (Å²) in [6, 6.07) is 0.313. The number of hydrogen-bond donors (Lipinski definition) is 1. The number of likely N-dealkylation sites (tertiary alicyclic amines) is 1. The first-order valence-electron chi connectivity index (χ1n) is 9.03. The number of rotatable bonds is 3. The number of amides is 1. The van der Waals surface area contributed by atoms with Crippen molar-refractivity contribution >= 4 is 5.91 Å². The SMILES string of the molecule is CC(C)C1CCCN(C(=O)C(C)C2CCCC(N)C2)CC1. The van der Waals surface area contributed by atoms with Crippen LogP contribution in [0.15, 0.2) is 0 Å². The van der Waals surface area contributed by atoms with Crippen LogP contribution in [0.25, 0.3) is 0 Å². The lowest BCUT2D eigenvalue weighted by Crippen LogP contribution is -2.41. The van der Waals surface area contributed by atoms with Crippen molar-refractivity contribution in [2.24, 2.45) is 29.4 Å². The Morgan fingerprint density at radius 2 is 1.71 bits per heavy atom. The third kappa shape index (κ3) is 4.45. The monoisotopic (exact) mass is 294 g/mol. The van der Waals surface area contributed by atoms with Gasteiger partial charge in [-0.25, -0.2) is 0 Å². The third-order valence-corrected chi connectivity index (χ3v) is 5.88. The van der Waals surface area contributed by atoms with E-state index in [4.69, 9.17) is 5.73 Å². The molecule has 3 heteroatoms. The summed E-state index contributed by atoms with van der Waals surface area (Å²) in [4.78, 5) is 15.0. The van der Waals surface area contributed by atoms with Crippen molar-refractivity contribution in [3.05, 3.63) is 0 Å². The van der Waals surface area contributed by atoms with E-state index in [1.54, 1.807) is 0 Å². The first-order valence-corrected chi connectivity index (χ1v) is 9.03. The van der Waals surface area contributed by atoms with Crippen LogP contribution in [0.5, 0.6) is 0 Å². The van der Waals surface area contributed by atoms with Crippen LogP contribution in [0.3, 0.4) is 0 Å². The van der Waals surface area contributed by atoms with E-state index in [0.29, 0.717) is 17.9 Å². The van der Waals surface area contributed by atoms with E-state index in [9.17, 15) is 4.79 Å². The average molecular weight is 294 g/mol. The maximum absolute atomic E-state index is 12.8. The van der Waals surface area contributed by atoms with E-state index in [-0.39, 0.29) is 5.92 Å². The normalized spacial score (nSPS) is 32.8. The van der Waals surface area contributed by atoms with Crippen LogP contribution < -0.4 is 5.73 Å². The molecule has 0 radical (unpaired) electrons. The number of carbonyl (C=O) groups is 1. The van der Waals surface area contributed by atoms with Gasteiger partial charge < -0.3 is 10.6 Å². The molecule has 21 heavy (non-hydrogen) atoms. The Hall–Kier alpha value is -0.570. The molecule has 1 aliphatic carbocycles. The molecule has 2 N–H and O–H groups in total. The van der Waals surface area contributed by atoms with Crippen LogP contribution in [0.2, 0.25) is 0 Å². The Labute approximate surface area is 130 Å². The van der Waals surface area contributed by atoms with Crippen molar-refractivity contribution < 1.29 is 4.79 Å². The second kappa shape index (κ2) is 7.62. The molecule has 2 fully saturated rings. The summed E-state index contributed by atoms with van der Waals surface area (Å²) in [7, 11) is 0. The predicted molar refractivity (Wildman–Crippen MR) is 87.9 cm³/mol. The minimum Gasteiger partial charge on any atom is -0.342 e. The lowest BCUT2D eigenvalue weighted by atomic mass is 9.78. The van der Waals surface area contributed by atoms with Gasteiger partial charge in [-0.05, 0) is 56.3 Å². The summed E-state index contributed by atoms with van der Waals surface area (Å²) in [5.41, 5.74) is 6.09. The van der Waals surface area contributed by atoms with E-state index in [1.807, 2.05) is 0 Å². The van der Waals surface area contributed by atoms with Gasteiger partial charge in [-0.1, -0.05) is 27.2 Å². The Morgan fingerprint density at radius 1 is 1.00 bits per heavy atom. The van der Waals surface area contributed by atoms with Crippen molar-refractivity contribution in [2.75, 3.05) is 13.1 Å². The number of nitrogens with zero attached hydrogens (tertiary/aromatic N) is 1. The first kappa shape index (κ1) is 16.8. The molecule has 2 aliphatic rings. The summed E-state index contributed by atoms with van der Waals surface area (Å²) in [6.07, 6.45) is 8.18. The maximum Gasteiger partial charge on any atom is 0.225 e. The Morgan fingerprint density at radius 3 is 2.38 bits per heavy atom. The van der Waals surface area contributed by atoms with Crippen molar-refractivity contribution in [3.63, 3.8) is 0 Å². The fourth-order valence-electron chi connectivity index (χ4n) is 4.22. The molecule has 1 aliphatic heterocycles. The highest BCUT2D eigenvalue weighted by Crippen LogP contribution is 2.32. The fourth-order valence-corrected chi connectivity index (χ4v) is 4.22. The van der Waals surface area contributed by atoms with Gasteiger partial charge >= 0.3 is 0 Å². The van der Waals surface area contributed by atoms with Gasteiger partial charge in [-0.2, -0.15) is 0 Å². The van der Waals surface area contributed by atoms with Gasteiger partial charge in [0.15, 0.2) is 0 Å². The molecule has 3 nitrogen and oxygen atoms in total. The van der Waals surface area contributed by atoms with Gasteiger partial charge in [0, 0.05) is 25.0 Å². The summed E-state index contributed by atoms with van der Waals surface area (Å²) in [5, 5.41) is 0. The zero-order valence-electron chi connectivity index (χ0n) is 14.2. The van der Waals surface area contributed by atoms with Crippen LogP contribution in [-0.2, 0) is 4.79 Å². The molecule has 1 heterocycles. The number of nitrogens with two attached hydrogens (primary N) is 1. The topological polar surface area (TPSA) is 46.3 Å². The number of carbonyl (C=O) groups excluding carboxylic acids is 1. The Kier molecular flexibility index (Phi) is 6.09. The van der Waals surface area contributed by atoms with Crippen LogP contribution in [0.4, 0.5) is 0 Å². The maximum atomic E-state index is 12.8. The summed E-state index contributed by atoms with van der Waals surface area (Å²) in [6.45, 7) is 8.69. The summed E-state index contributed by atoms with van der Waals surface area (Å²) in [5.74, 6) is 2.59. The van der Waals surface area contributed by atoms with Crippen LogP contribution in [-0.4, -0.2) is 29.9 Å². The molecule has 122 valence electrons. The molecule has 2 rings (SSSR count). The van der Waals surface area contributed by atoms with Crippen LogP contribution in [0, 0.1) is 23.7 Å². The predicted octanol–water partition coefficient (Wildman–Crippen LogP) is 3.42. The second-order valence-electron chi connectivity index (χ2n) is 7.74. The molecule has 1 amide bonds. The Balaban J connectivity index is 1.89. The van der Waals surface area contributed by atoms with Gasteiger partial charge in [0.05, 0.1) is 0 Å². The van der Waals surface area contributed by atoms with Gasteiger partial charge in [0.1, 0.15) is 0 Å². The minimum atomic E-state index is 0.159. The third-order valence-electron chi connectivity index (χ3n) is 5.88. The van der Waals surface area contributed by atoms with Gasteiger partial charge in [0.2, 0.25) is 5.91 Å². The van der Waals surface area contributed by atoms with Gasteiger partial charge in [0.25, 0.3) is 0 Å². The molecule has 1 saturated heterocycles. The molecule has 0 aromatic carbocycles. The molecular formula is C18H34N2O. The summed E-state index contributed by atoms with van der Waals surface area (Å²) < 4.78 is 0. The number of hydrogen-bond acceptors (Lipinski definition) is 2. The van der Waals surface area contributed by atoms with E-state index < -0.39 is 0 Å². The molecule has 0 aromatic heterocycles. The standard InChI is InChI=1S/C18H34N2O/c1-13(2)15-7-5-10-20(11-9-15)18(21)14(3)16-6-4-8-17(19)12-16/h13-17H,4-12,19H2,1-3H3. The molecule has 4 unspecified atom stereocenters. The molecule has 0 spiro atoms. The van der Waals surface area contributed by atoms with Crippen molar-refractivity contribution in [1.29, 1.82) is 0 Å². The second-order valence-corrected chi connectivity index (χ2v) is 7.74. The van der Waals surface area contributed by atoms with Crippen molar-refractivity contribution in [1.82, 2.24) is 4.90 Å². The highest BCUT2D eigenvalue weighted by atomic mass is 16.2. The zero-order chi connectivity index (χ0) is 15.4. The zero-order valence-corrected chi connectivity index (χ0v) is 14.2. The smallest absolute Gasteiger partial charge is 0.225 e. The quantitative estimate of drug-likeness (QED) is 0.867. The Bertz CT molecular complexity index is 342. The van der Waals surface area contributed by atoms with Crippen LogP contribution >= 0.6 is 0 Å². The molecular weight excluding hydrogens is 260 g/mol. The van der Waals surface area contributed by atoms with Crippen LogP contribution in [0.1, 0.15) is 65.7 Å². The lowest BCUT2D eigenvalue weighted by molar-refractivity contribution is -0.137. The molecule has 1 saturated carbocycles. The largest absolute Gasteiger partial charge is 0.342 e. The van der Waals surface area contributed by atoms with Gasteiger partial charge in [-0.3, -0.25) is 4.79 Å². The minimum absolute atomic E-state index is 0.159. The average Bonchev–Trinajstić information content (AvgIpc) is 2.71. The fraction of sp³-hybridized carbons (Fsp3) is 0.944.